The van der Waals surface area contributed by atoms with E-state index < -0.39 is 5.41 Å². The fourth-order valence-electron chi connectivity index (χ4n) is 11.3. The molecule has 0 saturated heterocycles. The smallest absolute Gasteiger partial charge is 0.501 e. The molecule has 5 nitrogen and oxygen atoms in total. The Kier molecular flexibility index (Phi) is 10.4. The first-order valence-corrected chi connectivity index (χ1v) is 23.5. The summed E-state index contributed by atoms with van der Waals surface area (Å²) in [6.07, 6.45) is 0. The zero-order chi connectivity index (χ0) is 46.5. The van der Waals surface area contributed by atoms with Gasteiger partial charge in [0.2, 0.25) is 0 Å². The van der Waals surface area contributed by atoms with Crippen molar-refractivity contribution >= 4 is 43.9 Å². The van der Waals surface area contributed by atoms with Gasteiger partial charge >= 0.3 is 21.1 Å². The van der Waals surface area contributed by atoms with Crippen LogP contribution in [0.25, 0.3) is 88.6 Å². The average molecular weight is 1080 g/mol. The van der Waals surface area contributed by atoms with E-state index in [2.05, 4.69) is 174 Å². The quantitative estimate of drug-likeness (QED) is 0.155. The number of aryl methyl sites for hydroxylation is 5. The fraction of sp³-hybridized carbons (Fsp3) is 0.0938. The fourth-order valence-corrected chi connectivity index (χ4v) is 11.3. The van der Waals surface area contributed by atoms with Crippen LogP contribution in [0.3, 0.4) is 0 Å². The van der Waals surface area contributed by atoms with Crippen LogP contribution >= 0.6 is 0 Å². The van der Waals surface area contributed by atoms with E-state index >= 15 is 0 Å². The van der Waals surface area contributed by atoms with Gasteiger partial charge in [-0.05, 0) is 139 Å². The molecule has 0 fully saturated rings. The number of fused-ring (bicyclic) bond motifs is 8. The van der Waals surface area contributed by atoms with Crippen LogP contribution in [0.4, 0.5) is 0 Å². The van der Waals surface area contributed by atoms with Crippen molar-refractivity contribution < 1.29 is 34.6 Å². The summed E-state index contributed by atoms with van der Waals surface area (Å²) in [7, 11) is 0. The van der Waals surface area contributed by atoms with Crippen LogP contribution in [0.1, 0.15) is 50.3 Å². The van der Waals surface area contributed by atoms with Crippen molar-refractivity contribution in [2.24, 2.45) is 0 Å². The van der Waals surface area contributed by atoms with E-state index in [0.29, 0.717) is 0 Å². The first kappa shape index (κ1) is 43.4. The number of hydrogen-bond donors (Lipinski definition) is 0. The van der Waals surface area contributed by atoms with Gasteiger partial charge < -0.3 is 13.6 Å². The molecule has 6 heteroatoms. The molecule has 338 valence electrons. The molecule has 0 saturated carbocycles. The first-order chi connectivity index (χ1) is 33.7. The average Bonchev–Trinajstić information content (AvgIpc) is 3.94. The number of nitrogens with zero attached hydrogens (tertiary/aromatic N) is 2. The van der Waals surface area contributed by atoms with Crippen LogP contribution in [0.2, 0.25) is 0 Å². The van der Waals surface area contributed by atoms with Gasteiger partial charge in [-0.25, -0.2) is 0 Å². The number of rotatable bonds is 6. The van der Waals surface area contributed by atoms with Crippen molar-refractivity contribution in [3.63, 3.8) is 0 Å². The number of hydrogen-bond acceptors (Lipinski definition) is 5. The van der Waals surface area contributed by atoms with Crippen LogP contribution in [0.15, 0.2) is 185 Å². The van der Waals surface area contributed by atoms with Crippen molar-refractivity contribution in [2.75, 3.05) is 0 Å². The van der Waals surface area contributed by atoms with E-state index in [1.54, 1.807) is 0 Å². The van der Waals surface area contributed by atoms with E-state index in [1.165, 1.54) is 38.9 Å². The zero-order valence-corrected chi connectivity index (χ0v) is 41.5. The summed E-state index contributed by atoms with van der Waals surface area (Å²) >= 11 is 0. The van der Waals surface area contributed by atoms with Gasteiger partial charge in [0.05, 0.1) is 22.6 Å². The molecule has 5 heterocycles. The number of para-hydroxylation sites is 2. The van der Waals surface area contributed by atoms with Crippen LogP contribution in [-0.4, -0.2) is 9.97 Å². The predicted octanol–water partition coefficient (Wildman–Crippen LogP) is 16.6. The molecule has 70 heavy (non-hydrogen) atoms. The van der Waals surface area contributed by atoms with E-state index in [4.69, 9.17) is 23.5 Å². The minimum atomic E-state index is -1.15. The van der Waals surface area contributed by atoms with Crippen molar-refractivity contribution in [1.29, 1.82) is 0 Å². The molecule has 0 radical (unpaired) electrons. The number of pyridine rings is 2. The second kappa shape index (κ2) is 16.7. The molecule has 0 atom stereocenters. The Balaban J connectivity index is 0.00000505. The Hall–Kier alpha value is -7.85. The molecule has 0 amide bonds. The third-order valence-electron chi connectivity index (χ3n) is 14.2. The maximum Gasteiger partial charge on any atom is 2.00 e. The number of benzene rings is 8. The summed E-state index contributed by atoms with van der Waals surface area (Å²) in [6.45, 7) is 10.9. The van der Waals surface area contributed by atoms with Crippen molar-refractivity contribution in [3.8, 4) is 56.3 Å². The summed E-state index contributed by atoms with van der Waals surface area (Å²) in [5, 5.41) is 4.13. The van der Waals surface area contributed by atoms with Gasteiger partial charge in [-0.15, -0.1) is 36.4 Å². The van der Waals surface area contributed by atoms with Crippen LogP contribution in [-0.2, 0) is 26.5 Å². The SMILES string of the molecule is Cc1cc(C)c(-c2ccc3c(c2)C(c2cccc(-c4[c-]ccc5c4oc4ccccc45)n2)(c2cccc(-c4[c-]ccc5c4oc4ccccc45)n2)c2cc(-c4c(C)cccc4C)ccc2O3)c(C)c1.[Pt+2]. The van der Waals surface area contributed by atoms with Gasteiger partial charge in [-0.3, -0.25) is 9.97 Å². The second-order valence-electron chi connectivity index (χ2n) is 18.5. The molecule has 4 aromatic heterocycles. The van der Waals surface area contributed by atoms with Crippen molar-refractivity contribution in [2.45, 2.75) is 40.0 Å². The Morgan fingerprint density at radius 2 is 0.886 bits per heavy atom. The molecular weight excluding hydrogens is 1040 g/mol. The Morgan fingerprint density at radius 1 is 0.429 bits per heavy atom. The third-order valence-corrected chi connectivity index (χ3v) is 14.2. The maximum absolute atomic E-state index is 7.11. The maximum atomic E-state index is 7.11. The zero-order valence-electron chi connectivity index (χ0n) is 39.2. The Morgan fingerprint density at radius 3 is 1.39 bits per heavy atom. The van der Waals surface area contributed by atoms with Gasteiger partial charge in [-0.1, -0.05) is 131 Å². The molecule has 8 aromatic carbocycles. The van der Waals surface area contributed by atoms with Crippen molar-refractivity contribution in [1.82, 2.24) is 9.97 Å². The molecule has 0 N–H and O–H groups in total. The van der Waals surface area contributed by atoms with E-state index in [0.717, 1.165) is 112 Å². The van der Waals surface area contributed by atoms with Gasteiger partial charge in [0.15, 0.2) is 0 Å². The minimum Gasteiger partial charge on any atom is -0.501 e. The normalized spacial score (nSPS) is 12.8. The molecule has 0 spiro atoms. The third kappa shape index (κ3) is 6.63. The van der Waals surface area contributed by atoms with Gasteiger partial charge in [0, 0.05) is 21.9 Å². The molecule has 13 rings (SSSR count). The summed E-state index contributed by atoms with van der Waals surface area (Å²) in [5.74, 6) is 1.45. The molecule has 1 aliphatic heterocycles. The van der Waals surface area contributed by atoms with Gasteiger partial charge in [0.25, 0.3) is 0 Å². The Labute approximate surface area is 420 Å². The molecule has 0 bridgehead atoms. The summed E-state index contributed by atoms with van der Waals surface area (Å²) in [5.41, 5.74) is 19.0. The van der Waals surface area contributed by atoms with Crippen molar-refractivity contribution in [3.05, 3.63) is 238 Å². The molecule has 12 aromatic rings. The van der Waals surface area contributed by atoms with Gasteiger partial charge in [0.1, 0.15) is 28.1 Å². The first-order valence-electron chi connectivity index (χ1n) is 23.5. The Bertz CT molecular complexity index is 3880. The molecule has 1 aliphatic rings. The summed E-state index contributed by atoms with van der Waals surface area (Å²) in [4.78, 5) is 11.6. The topological polar surface area (TPSA) is 61.3 Å². The monoisotopic (exact) mass is 1080 g/mol. The summed E-state index contributed by atoms with van der Waals surface area (Å²) < 4.78 is 20.4. The van der Waals surface area contributed by atoms with Crippen LogP contribution < -0.4 is 4.74 Å². The number of ether oxygens (including phenoxy) is 1. The second-order valence-corrected chi connectivity index (χ2v) is 18.5. The van der Waals surface area contributed by atoms with Crippen LogP contribution in [0, 0.1) is 46.8 Å². The summed E-state index contributed by atoms with van der Waals surface area (Å²) in [6, 6.07) is 68.3. The van der Waals surface area contributed by atoms with E-state index in [1.807, 2.05) is 48.5 Å². The molecule has 0 aliphatic carbocycles. The molecular formula is C64H44N2O3Pt. The minimum absolute atomic E-state index is 0. The van der Waals surface area contributed by atoms with Crippen LogP contribution in [0.5, 0.6) is 11.5 Å². The largest absolute Gasteiger partial charge is 2.00 e. The van der Waals surface area contributed by atoms with E-state index in [9.17, 15) is 0 Å². The molecule has 0 unspecified atom stereocenters. The number of furan rings is 2. The standard InChI is InChI=1S/C64H44N2O3.Pt/c1-37-33-40(4)61(41(5)34-37)43-30-32-57-51(36-43)64(50-35-42(29-31-56(50)67-57)60-38(2)15-10-16-39(60)3,58-27-13-23-52(65-58)48-21-11-19-46-44-17-6-8-25-54(44)68-62(46)48)59-28-14-24-53(66-59)49-22-12-20-47-45-18-7-9-26-55(45)69-63(47)49;/h6-20,23-36H,1-5H3;/q-2;+2. The van der Waals surface area contributed by atoms with E-state index in [-0.39, 0.29) is 21.1 Å². The number of aromatic nitrogens is 2. The predicted molar refractivity (Wildman–Crippen MR) is 278 cm³/mol. The van der Waals surface area contributed by atoms with Gasteiger partial charge in [-0.2, -0.15) is 0 Å².